The number of aliphatic hydroxyl groups is 1. The van der Waals surface area contributed by atoms with Crippen LogP contribution in [0.25, 0.3) is 0 Å². The van der Waals surface area contributed by atoms with Gasteiger partial charge in [-0.25, -0.2) is 0 Å². The molecule has 2 fully saturated rings. The topological polar surface area (TPSA) is 44.0 Å². The van der Waals surface area contributed by atoms with Gasteiger partial charge in [-0.15, -0.1) is 0 Å². The molecule has 0 aromatic heterocycles. The minimum atomic E-state index is -1.05. The molecule has 4 atom stereocenters. The standard InChI is InChI=1S/C18H23NO/c1-3-13-4-7-15(8-5-13)17(2,20)18(12-19)11-14-6-9-16(18)10-14/h4-5,7-8,14,16,20H,3,6,9-11H2,1-2H3. The Balaban J connectivity index is 1.99. The van der Waals surface area contributed by atoms with Crippen molar-refractivity contribution in [2.45, 2.75) is 51.6 Å². The minimum Gasteiger partial charge on any atom is -0.384 e. The van der Waals surface area contributed by atoms with Crippen LogP contribution < -0.4 is 0 Å². The van der Waals surface area contributed by atoms with E-state index >= 15 is 0 Å². The number of nitrogens with zero attached hydrogens (tertiary/aromatic N) is 1. The highest BCUT2D eigenvalue weighted by Crippen LogP contribution is 2.62. The molecule has 2 aliphatic carbocycles. The first-order valence-corrected chi connectivity index (χ1v) is 7.76. The Morgan fingerprint density at radius 3 is 2.50 bits per heavy atom. The van der Waals surface area contributed by atoms with Crippen LogP contribution in [0.3, 0.4) is 0 Å². The Labute approximate surface area is 121 Å². The van der Waals surface area contributed by atoms with Gasteiger partial charge < -0.3 is 5.11 Å². The first kappa shape index (κ1) is 13.6. The summed E-state index contributed by atoms with van der Waals surface area (Å²) < 4.78 is 0. The molecule has 0 saturated heterocycles. The summed E-state index contributed by atoms with van der Waals surface area (Å²) in [6.07, 6.45) is 5.31. The van der Waals surface area contributed by atoms with E-state index in [-0.39, 0.29) is 0 Å². The summed E-state index contributed by atoms with van der Waals surface area (Å²) in [6, 6.07) is 10.7. The van der Waals surface area contributed by atoms with Crippen LogP contribution in [0.15, 0.2) is 24.3 Å². The summed E-state index contributed by atoms with van der Waals surface area (Å²) in [7, 11) is 0. The summed E-state index contributed by atoms with van der Waals surface area (Å²) in [5.74, 6) is 0.999. The van der Waals surface area contributed by atoms with E-state index in [1.807, 2.05) is 19.1 Å². The van der Waals surface area contributed by atoms with E-state index in [1.54, 1.807) is 0 Å². The number of fused-ring (bicyclic) bond motifs is 2. The Bertz CT molecular complexity index is 540. The highest BCUT2D eigenvalue weighted by atomic mass is 16.3. The van der Waals surface area contributed by atoms with Gasteiger partial charge in [-0.05, 0) is 55.6 Å². The second kappa shape index (κ2) is 4.60. The fourth-order valence-electron chi connectivity index (χ4n) is 4.49. The van der Waals surface area contributed by atoms with Crippen molar-refractivity contribution in [3.8, 4) is 6.07 Å². The van der Waals surface area contributed by atoms with Crippen LogP contribution in [0.2, 0.25) is 0 Å². The van der Waals surface area contributed by atoms with Gasteiger partial charge in [-0.2, -0.15) is 5.26 Å². The molecule has 106 valence electrons. The van der Waals surface area contributed by atoms with E-state index in [9.17, 15) is 10.4 Å². The van der Waals surface area contributed by atoms with Crippen LogP contribution in [0.5, 0.6) is 0 Å². The fraction of sp³-hybridized carbons (Fsp3) is 0.611. The average Bonchev–Trinajstić information content (AvgIpc) is 3.08. The smallest absolute Gasteiger partial charge is 0.106 e. The van der Waals surface area contributed by atoms with Crippen LogP contribution in [0.4, 0.5) is 0 Å². The van der Waals surface area contributed by atoms with E-state index in [2.05, 4.69) is 25.1 Å². The Morgan fingerprint density at radius 2 is 2.05 bits per heavy atom. The van der Waals surface area contributed by atoms with Crippen LogP contribution in [0, 0.1) is 28.6 Å². The largest absolute Gasteiger partial charge is 0.384 e. The highest BCUT2D eigenvalue weighted by molar-refractivity contribution is 5.33. The molecule has 0 radical (unpaired) electrons. The van der Waals surface area contributed by atoms with Gasteiger partial charge in [0.2, 0.25) is 0 Å². The molecule has 0 aliphatic heterocycles. The molecule has 2 bridgehead atoms. The van der Waals surface area contributed by atoms with Crippen molar-refractivity contribution in [2.75, 3.05) is 0 Å². The molecule has 4 unspecified atom stereocenters. The van der Waals surface area contributed by atoms with Gasteiger partial charge >= 0.3 is 0 Å². The highest BCUT2D eigenvalue weighted by Gasteiger charge is 2.60. The van der Waals surface area contributed by atoms with Crippen molar-refractivity contribution in [3.63, 3.8) is 0 Å². The molecule has 2 nitrogen and oxygen atoms in total. The van der Waals surface area contributed by atoms with Gasteiger partial charge in [0, 0.05) is 0 Å². The third kappa shape index (κ3) is 1.73. The number of hydrogen-bond donors (Lipinski definition) is 1. The summed E-state index contributed by atoms with van der Waals surface area (Å²) in [4.78, 5) is 0. The van der Waals surface area contributed by atoms with E-state index in [4.69, 9.17) is 0 Å². The van der Waals surface area contributed by atoms with Crippen molar-refractivity contribution in [1.82, 2.24) is 0 Å². The molecular formula is C18H23NO. The third-order valence-corrected chi connectivity index (χ3v) is 5.84. The summed E-state index contributed by atoms with van der Waals surface area (Å²) in [6.45, 7) is 3.97. The number of aryl methyl sites for hydroxylation is 1. The lowest BCUT2D eigenvalue weighted by molar-refractivity contribution is -0.0734. The molecule has 0 amide bonds. The molecule has 20 heavy (non-hydrogen) atoms. The molecule has 3 rings (SSSR count). The van der Waals surface area contributed by atoms with Gasteiger partial charge in [-0.3, -0.25) is 0 Å². The SMILES string of the molecule is CCc1ccc(C(C)(O)C2(C#N)CC3CCC2C3)cc1. The molecular weight excluding hydrogens is 246 g/mol. The molecule has 2 heteroatoms. The van der Waals surface area contributed by atoms with E-state index in [0.29, 0.717) is 11.8 Å². The van der Waals surface area contributed by atoms with Gasteiger partial charge in [0.15, 0.2) is 0 Å². The van der Waals surface area contributed by atoms with Gasteiger partial charge in [0.1, 0.15) is 5.60 Å². The maximum atomic E-state index is 11.2. The Hall–Kier alpha value is -1.33. The van der Waals surface area contributed by atoms with Crippen molar-refractivity contribution < 1.29 is 5.11 Å². The van der Waals surface area contributed by atoms with E-state index in [1.165, 1.54) is 12.0 Å². The lowest BCUT2D eigenvalue weighted by Gasteiger charge is -2.43. The van der Waals surface area contributed by atoms with Crippen LogP contribution in [-0.4, -0.2) is 5.11 Å². The van der Waals surface area contributed by atoms with Crippen molar-refractivity contribution in [2.24, 2.45) is 17.3 Å². The van der Waals surface area contributed by atoms with Gasteiger partial charge in [-0.1, -0.05) is 37.6 Å². The maximum absolute atomic E-state index is 11.2. The fourth-order valence-corrected chi connectivity index (χ4v) is 4.49. The first-order valence-electron chi connectivity index (χ1n) is 7.76. The van der Waals surface area contributed by atoms with E-state index < -0.39 is 11.0 Å². The number of hydrogen-bond acceptors (Lipinski definition) is 2. The molecule has 1 N–H and O–H groups in total. The third-order valence-electron chi connectivity index (χ3n) is 5.84. The number of nitriles is 1. The quantitative estimate of drug-likeness (QED) is 0.907. The Morgan fingerprint density at radius 1 is 1.35 bits per heavy atom. The van der Waals surface area contributed by atoms with Gasteiger partial charge in [0.25, 0.3) is 0 Å². The predicted molar refractivity (Wildman–Crippen MR) is 78.9 cm³/mol. The zero-order valence-corrected chi connectivity index (χ0v) is 12.4. The zero-order chi connectivity index (χ0) is 14.4. The lowest BCUT2D eigenvalue weighted by Crippen LogP contribution is -2.46. The number of benzene rings is 1. The van der Waals surface area contributed by atoms with E-state index in [0.717, 1.165) is 31.2 Å². The predicted octanol–water partition coefficient (Wildman–Crippen LogP) is 3.79. The van der Waals surface area contributed by atoms with Crippen LogP contribution in [-0.2, 0) is 12.0 Å². The van der Waals surface area contributed by atoms with Gasteiger partial charge in [0.05, 0.1) is 11.5 Å². The van der Waals surface area contributed by atoms with Crippen molar-refractivity contribution >= 4 is 0 Å². The number of rotatable bonds is 3. The maximum Gasteiger partial charge on any atom is 0.106 e. The summed E-state index contributed by atoms with van der Waals surface area (Å²) in [5.41, 5.74) is 0.518. The molecule has 0 spiro atoms. The Kier molecular flexibility index (Phi) is 3.14. The molecule has 1 aromatic rings. The monoisotopic (exact) mass is 269 g/mol. The second-order valence-electron chi connectivity index (χ2n) is 6.79. The molecule has 1 aromatic carbocycles. The molecule has 2 aliphatic rings. The zero-order valence-electron chi connectivity index (χ0n) is 12.4. The molecule has 2 saturated carbocycles. The molecule has 0 heterocycles. The van der Waals surface area contributed by atoms with Crippen LogP contribution in [0.1, 0.15) is 50.7 Å². The van der Waals surface area contributed by atoms with Crippen molar-refractivity contribution in [3.05, 3.63) is 35.4 Å². The second-order valence-corrected chi connectivity index (χ2v) is 6.79. The normalized spacial score (nSPS) is 34.7. The minimum absolute atomic E-state index is 0.360. The summed E-state index contributed by atoms with van der Waals surface area (Å²) in [5, 5.41) is 21.0. The van der Waals surface area contributed by atoms with Crippen LogP contribution >= 0.6 is 0 Å². The van der Waals surface area contributed by atoms with Crippen molar-refractivity contribution in [1.29, 1.82) is 5.26 Å². The summed E-state index contributed by atoms with van der Waals surface area (Å²) >= 11 is 0. The first-order chi connectivity index (χ1) is 9.53. The average molecular weight is 269 g/mol. The lowest BCUT2D eigenvalue weighted by atomic mass is 9.61.